The Labute approximate surface area is 139 Å². The Morgan fingerprint density at radius 1 is 1.17 bits per heavy atom. The molecule has 0 bridgehead atoms. The quantitative estimate of drug-likeness (QED) is 0.876. The van der Waals surface area contributed by atoms with Crippen LogP contribution in [-0.4, -0.2) is 37.0 Å². The van der Waals surface area contributed by atoms with E-state index >= 15 is 0 Å². The number of hydrogen-bond donors (Lipinski definition) is 1. The predicted molar refractivity (Wildman–Crippen MR) is 91.3 cm³/mol. The molecule has 0 aliphatic rings. The van der Waals surface area contributed by atoms with Gasteiger partial charge in [-0.3, -0.25) is 4.79 Å². The van der Waals surface area contributed by atoms with Crippen LogP contribution in [0.1, 0.15) is 45.2 Å². The third-order valence-electron chi connectivity index (χ3n) is 3.63. The van der Waals surface area contributed by atoms with Gasteiger partial charge in [-0.05, 0) is 16.5 Å². The molecule has 0 aliphatic heterocycles. The van der Waals surface area contributed by atoms with Gasteiger partial charge in [0.2, 0.25) is 5.91 Å². The number of benzene rings is 1. The molecule has 23 heavy (non-hydrogen) atoms. The van der Waals surface area contributed by atoms with Crippen molar-refractivity contribution in [2.45, 2.75) is 46.1 Å². The van der Waals surface area contributed by atoms with Gasteiger partial charge in [0.15, 0.2) is 0 Å². The van der Waals surface area contributed by atoms with Gasteiger partial charge in [0.05, 0.1) is 0 Å². The largest absolute Gasteiger partial charge is 0.445 e. The molecule has 1 aromatic rings. The minimum atomic E-state index is -0.470. The van der Waals surface area contributed by atoms with Crippen molar-refractivity contribution < 1.29 is 14.3 Å². The number of nitrogens with zero attached hydrogens (tertiary/aromatic N) is 1. The Balaban J connectivity index is 2.32. The fourth-order valence-electron chi connectivity index (χ4n) is 2.02. The summed E-state index contributed by atoms with van der Waals surface area (Å²) in [6, 6.07) is 8.06. The smallest absolute Gasteiger partial charge is 0.407 e. The molecule has 0 saturated heterocycles. The summed E-state index contributed by atoms with van der Waals surface area (Å²) in [5.74, 6) is 0.0547. The molecule has 1 rings (SSSR count). The third kappa shape index (κ3) is 6.72. The number of amides is 2. The van der Waals surface area contributed by atoms with E-state index in [4.69, 9.17) is 4.74 Å². The van der Waals surface area contributed by atoms with Crippen molar-refractivity contribution >= 4 is 12.0 Å². The summed E-state index contributed by atoms with van der Waals surface area (Å²) in [6.07, 6.45) is -0.00635. The fourth-order valence-corrected chi connectivity index (χ4v) is 2.02. The monoisotopic (exact) mass is 320 g/mol. The van der Waals surface area contributed by atoms with Crippen LogP contribution in [0.15, 0.2) is 24.3 Å². The summed E-state index contributed by atoms with van der Waals surface area (Å²) in [5, 5.41) is 2.64. The van der Waals surface area contributed by atoms with Crippen molar-refractivity contribution in [3.05, 3.63) is 35.4 Å². The average molecular weight is 320 g/mol. The second-order valence-electron chi connectivity index (χ2n) is 6.62. The third-order valence-corrected chi connectivity index (χ3v) is 3.63. The van der Waals surface area contributed by atoms with E-state index in [-0.39, 0.29) is 17.9 Å². The summed E-state index contributed by atoms with van der Waals surface area (Å²) in [6.45, 7) is 9.38. The molecule has 0 atom stereocenters. The molecule has 0 heterocycles. The molecule has 5 heteroatoms. The molecule has 0 unspecified atom stereocenters. The molecule has 0 radical (unpaired) electrons. The van der Waals surface area contributed by atoms with Crippen LogP contribution in [0, 0.1) is 0 Å². The predicted octanol–water partition coefficient (Wildman–Crippen LogP) is 3.08. The van der Waals surface area contributed by atoms with E-state index in [2.05, 4.69) is 38.2 Å². The van der Waals surface area contributed by atoms with Crippen molar-refractivity contribution in [2.75, 3.05) is 20.1 Å². The first-order valence-electron chi connectivity index (χ1n) is 7.98. The van der Waals surface area contributed by atoms with Gasteiger partial charge in [-0.25, -0.2) is 4.79 Å². The lowest BCUT2D eigenvalue weighted by Crippen LogP contribution is -2.36. The number of likely N-dealkylation sites (N-methyl/N-ethyl adjacent to an activating group) is 1. The number of carbonyl (C=O) groups excluding carboxylic acids is 2. The SMILES string of the molecule is CCC(=O)N(C)CCNC(=O)OCc1ccc(C(C)(C)C)cc1. The summed E-state index contributed by atoms with van der Waals surface area (Å²) in [7, 11) is 1.72. The molecule has 1 N–H and O–H groups in total. The lowest BCUT2D eigenvalue weighted by molar-refractivity contribution is -0.129. The highest BCUT2D eigenvalue weighted by atomic mass is 16.5. The highest BCUT2D eigenvalue weighted by molar-refractivity contribution is 5.75. The molecule has 0 spiro atoms. The van der Waals surface area contributed by atoms with E-state index in [0.29, 0.717) is 19.5 Å². The van der Waals surface area contributed by atoms with Gasteiger partial charge in [0.25, 0.3) is 0 Å². The Morgan fingerprint density at radius 2 is 1.78 bits per heavy atom. The topological polar surface area (TPSA) is 58.6 Å². The van der Waals surface area contributed by atoms with E-state index < -0.39 is 6.09 Å². The number of carbonyl (C=O) groups is 2. The van der Waals surface area contributed by atoms with E-state index in [1.165, 1.54) is 5.56 Å². The zero-order chi connectivity index (χ0) is 17.5. The highest BCUT2D eigenvalue weighted by Gasteiger charge is 2.13. The van der Waals surface area contributed by atoms with Crippen LogP contribution in [0.4, 0.5) is 4.79 Å². The highest BCUT2D eigenvalue weighted by Crippen LogP contribution is 2.22. The molecular weight excluding hydrogens is 292 g/mol. The van der Waals surface area contributed by atoms with Gasteiger partial charge in [-0.1, -0.05) is 52.0 Å². The first-order valence-corrected chi connectivity index (χ1v) is 7.98. The average Bonchev–Trinajstić information content (AvgIpc) is 2.51. The standard InChI is InChI=1S/C18H28N2O3/c1-6-16(21)20(5)12-11-19-17(22)23-13-14-7-9-15(10-8-14)18(2,3)4/h7-10H,6,11-13H2,1-5H3,(H,19,22). The lowest BCUT2D eigenvalue weighted by atomic mass is 9.87. The molecule has 2 amide bonds. The maximum absolute atomic E-state index is 11.6. The lowest BCUT2D eigenvalue weighted by Gasteiger charge is -2.19. The van der Waals surface area contributed by atoms with Crippen molar-refractivity contribution in [1.82, 2.24) is 10.2 Å². The van der Waals surface area contributed by atoms with Crippen LogP contribution < -0.4 is 5.32 Å². The van der Waals surface area contributed by atoms with Gasteiger partial charge < -0.3 is 15.0 Å². The van der Waals surface area contributed by atoms with Crippen molar-refractivity contribution in [3.8, 4) is 0 Å². The number of hydrogen-bond acceptors (Lipinski definition) is 3. The first-order chi connectivity index (χ1) is 10.7. The van der Waals surface area contributed by atoms with E-state index in [1.807, 2.05) is 19.1 Å². The second-order valence-corrected chi connectivity index (χ2v) is 6.62. The van der Waals surface area contributed by atoms with Gasteiger partial charge in [-0.2, -0.15) is 0 Å². The van der Waals surface area contributed by atoms with E-state index in [9.17, 15) is 9.59 Å². The molecule has 5 nitrogen and oxygen atoms in total. The summed E-state index contributed by atoms with van der Waals surface area (Å²) in [5.41, 5.74) is 2.30. The summed E-state index contributed by atoms with van der Waals surface area (Å²) >= 11 is 0. The molecule has 0 fully saturated rings. The van der Waals surface area contributed by atoms with Crippen LogP contribution in [0.3, 0.4) is 0 Å². The van der Waals surface area contributed by atoms with E-state index in [1.54, 1.807) is 11.9 Å². The van der Waals surface area contributed by atoms with Crippen molar-refractivity contribution in [1.29, 1.82) is 0 Å². The zero-order valence-electron chi connectivity index (χ0n) is 14.8. The molecule has 0 saturated carbocycles. The Morgan fingerprint density at radius 3 is 2.30 bits per heavy atom. The van der Waals surface area contributed by atoms with Crippen molar-refractivity contribution in [3.63, 3.8) is 0 Å². The minimum absolute atomic E-state index is 0.0547. The van der Waals surface area contributed by atoms with Crippen LogP contribution in [-0.2, 0) is 21.6 Å². The summed E-state index contributed by atoms with van der Waals surface area (Å²) < 4.78 is 5.17. The maximum atomic E-state index is 11.6. The van der Waals surface area contributed by atoms with Gasteiger partial charge in [-0.15, -0.1) is 0 Å². The Kier molecular flexibility index (Phi) is 7.07. The Bertz CT molecular complexity index is 518. The second kappa shape index (κ2) is 8.56. The number of alkyl carbamates (subject to hydrolysis) is 1. The van der Waals surface area contributed by atoms with Gasteiger partial charge in [0, 0.05) is 26.6 Å². The molecule has 0 aliphatic carbocycles. The molecule has 1 aromatic carbocycles. The fraction of sp³-hybridized carbons (Fsp3) is 0.556. The zero-order valence-corrected chi connectivity index (χ0v) is 14.8. The Hall–Kier alpha value is -2.04. The first kappa shape index (κ1) is 19.0. The van der Waals surface area contributed by atoms with Crippen LogP contribution in [0.25, 0.3) is 0 Å². The normalized spacial score (nSPS) is 11.0. The maximum Gasteiger partial charge on any atom is 0.407 e. The van der Waals surface area contributed by atoms with Gasteiger partial charge >= 0.3 is 6.09 Å². The number of ether oxygens (including phenoxy) is 1. The van der Waals surface area contributed by atoms with Crippen LogP contribution in [0.2, 0.25) is 0 Å². The molecular formula is C18H28N2O3. The van der Waals surface area contributed by atoms with Crippen molar-refractivity contribution in [2.24, 2.45) is 0 Å². The molecule has 0 aromatic heterocycles. The van der Waals surface area contributed by atoms with E-state index in [0.717, 1.165) is 5.56 Å². The minimum Gasteiger partial charge on any atom is -0.445 e. The number of rotatable bonds is 6. The number of nitrogens with one attached hydrogen (secondary N) is 1. The van der Waals surface area contributed by atoms with Crippen LogP contribution in [0.5, 0.6) is 0 Å². The van der Waals surface area contributed by atoms with Gasteiger partial charge in [0.1, 0.15) is 6.61 Å². The summed E-state index contributed by atoms with van der Waals surface area (Å²) in [4.78, 5) is 24.6. The molecule has 128 valence electrons. The van der Waals surface area contributed by atoms with Crippen LogP contribution >= 0.6 is 0 Å².